The first-order valence-corrected chi connectivity index (χ1v) is 7.83. The molecule has 2 atom stereocenters. The number of carbonyl (C=O) groups excluding carboxylic acids is 1. The van der Waals surface area contributed by atoms with Crippen LogP contribution < -0.4 is 0 Å². The van der Waals surface area contributed by atoms with Crippen molar-refractivity contribution in [1.82, 2.24) is 9.80 Å². The van der Waals surface area contributed by atoms with Gasteiger partial charge in [-0.05, 0) is 31.4 Å². The molecule has 0 aromatic heterocycles. The van der Waals surface area contributed by atoms with Crippen LogP contribution in [-0.4, -0.2) is 59.1 Å². The number of rotatable bonds is 2. The largest absolute Gasteiger partial charge is 0.391 e. The second kappa shape index (κ2) is 6.49. The van der Waals surface area contributed by atoms with E-state index in [4.69, 9.17) is 0 Å². The first kappa shape index (κ1) is 16.3. The predicted octanol–water partition coefficient (Wildman–Crippen LogP) is 1.78. The van der Waals surface area contributed by atoms with Crippen molar-refractivity contribution in [2.45, 2.75) is 31.4 Å². The fourth-order valence-corrected chi connectivity index (χ4v) is 3.47. The normalized spacial score (nSPS) is 25.8. The van der Waals surface area contributed by atoms with Crippen LogP contribution in [0.3, 0.4) is 0 Å². The third-order valence-corrected chi connectivity index (χ3v) is 4.75. The van der Waals surface area contributed by atoms with Gasteiger partial charge in [-0.2, -0.15) is 0 Å². The molecular formula is C16H19F3N2O2. The average molecular weight is 328 g/mol. The molecule has 1 saturated carbocycles. The Bertz CT molecular complexity index is 580. The number of benzene rings is 1. The van der Waals surface area contributed by atoms with Gasteiger partial charge in [0, 0.05) is 37.8 Å². The minimum Gasteiger partial charge on any atom is -0.391 e. The van der Waals surface area contributed by atoms with Gasteiger partial charge in [0.2, 0.25) is 0 Å². The third-order valence-electron chi connectivity index (χ3n) is 4.75. The zero-order chi connectivity index (χ0) is 16.6. The summed E-state index contributed by atoms with van der Waals surface area (Å²) in [6, 6.07) is 1.59. The van der Waals surface area contributed by atoms with E-state index in [0.717, 1.165) is 31.4 Å². The van der Waals surface area contributed by atoms with E-state index in [9.17, 15) is 23.1 Å². The van der Waals surface area contributed by atoms with Gasteiger partial charge in [0.1, 0.15) is 0 Å². The Hall–Kier alpha value is -1.60. The van der Waals surface area contributed by atoms with Crippen molar-refractivity contribution in [1.29, 1.82) is 0 Å². The summed E-state index contributed by atoms with van der Waals surface area (Å²) < 4.78 is 39.5. The summed E-state index contributed by atoms with van der Waals surface area (Å²) in [6.45, 7) is 2.06. The minimum absolute atomic E-state index is 0.132. The van der Waals surface area contributed by atoms with Crippen molar-refractivity contribution in [3.8, 4) is 0 Å². The highest BCUT2D eigenvalue weighted by molar-refractivity contribution is 5.94. The molecule has 1 heterocycles. The molecule has 1 aliphatic carbocycles. The third kappa shape index (κ3) is 3.21. The fraction of sp³-hybridized carbons (Fsp3) is 0.562. The zero-order valence-electron chi connectivity index (χ0n) is 12.6. The van der Waals surface area contributed by atoms with E-state index in [1.807, 2.05) is 0 Å². The molecule has 0 radical (unpaired) electrons. The molecule has 2 aliphatic rings. The maximum absolute atomic E-state index is 13.3. The monoisotopic (exact) mass is 328 g/mol. The molecule has 1 aliphatic heterocycles. The first-order valence-electron chi connectivity index (χ1n) is 7.83. The molecule has 126 valence electrons. The van der Waals surface area contributed by atoms with Crippen molar-refractivity contribution in [2.75, 3.05) is 26.2 Å². The lowest BCUT2D eigenvalue weighted by molar-refractivity contribution is 0.0315. The Morgan fingerprint density at radius 2 is 1.65 bits per heavy atom. The van der Waals surface area contributed by atoms with Crippen LogP contribution in [0, 0.1) is 17.5 Å². The Labute approximate surface area is 132 Å². The second-order valence-corrected chi connectivity index (χ2v) is 6.15. The van der Waals surface area contributed by atoms with E-state index < -0.39 is 23.4 Å². The number of piperazine rings is 1. The smallest absolute Gasteiger partial charge is 0.254 e. The van der Waals surface area contributed by atoms with Gasteiger partial charge in [0.05, 0.1) is 6.10 Å². The van der Waals surface area contributed by atoms with Crippen LogP contribution in [0.2, 0.25) is 0 Å². The second-order valence-electron chi connectivity index (χ2n) is 6.15. The van der Waals surface area contributed by atoms with Crippen molar-refractivity contribution in [3.05, 3.63) is 35.1 Å². The highest BCUT2D eigenvalue weighted by Crippen LogP contribution is 2.25. The summed E-state index contributed by atoms with van der Waals surface area (Å²) in [5.74, 6) is -4.79. The zero-order valence-corrected chi connectivity index (χ0v) is 12.6. The topological polar surface area (TPSA) is 43.8 Å². The van der Waals surface area contributed by atoms with Crippen molar-refractivity contribution in [2.24, 2.45) is 0 Å². The summed E-state index contributed by atoms with van der Waals surface area (Å²) in [5, 5.41) is 9.94. The van der Waals surface area contributed by atoms with Gasteiger partial charge in [0.15, 0.2) is 17.5 Å². The molecule has 3 rings (SSSR count). The van der Waals surface area contributed by atoms with E-state index in [0.29, 0.717) is 26.2 Å². The molecule has 23 heavy (non-hydrogen) atoms. The van der Waals surface area contributed by atoms with Gasteiger partial charge in [-0.15, -0.1) is 0 Å². The number of carbonyl (C=O) groups is 1. The van der Waals surface area contributed by atoms with Crippen molar-refractivity contribution in [3.63, 3.8) is 0 Å². The molecule has 1 aromatic carbocycles. The summed E-state index contributed by atoms with van der Waals surface area (Å²) in [7, 11) is 0. The number of aliphatic hydroxyl groups excluding tert-OH is 1. The van der Waals surface area contributed by atoms with Gasteiger partial charge in [-0.3, -0.25) is 9.69 Å². The van der Waals surface area contributed by atoms with Crippen LogP contribution in [0.1, 0.15) is 29.6 Å². The Morgan fingerprint density at radius 1 is 1.04 bits per heavy atom. The van der Waals surface area contributed by atoms with E-state index in [1.165, 1.54) is 4.90 Å². The molecule has 1 saturated heterocycles. The van der Waals surface area contributed by atoms with Gasteiger partial charge in [-0.1, -0.05) is 0 Å². The number of hydrogen-bond donors (Lipinski definition) is 1. The lowest BCUT2D eigenvalue weighted by Crippen LogP contribution is -2.53. The maximum Gasteiger partial charge on any atom is 0.254 e. The molecule has 1 aromatic rings. The average Bonchev–Trinajstić information content (AvgIpc) is 2.97. The van der Waals surface area contributed by atoms with Gasteiger partial charge in [-0.25, -0.2) is 13.2 Å². The quantitative estimate of drug-likeness (QED) is 0.842. The molecule has 1 N–H and O–H groups in total. The number of amides is 1. The maximum atomic E-state index is 13.3. The minimum atomic E-state index is -1.57. The van der Waals surface area contributed by atoms with Gasteiger partial charge < -0.3 is 10.0 Å². The summed E-state index contributed by atoms with van der Waals surface area (Å²) >= 11 is 0. The van der Waals surface area contributed by atoms with Crippen LogP contribution in [0.25, 0.3) is 0 Å². The first-order chi connectivity index (χ1) is 11.0. The summed E-state index contributed by atoms with van der Waals surface area (Å²) in [5.41, 5.74) is -0.184. The van der Waals surface area contributed by atoms with Crippen LogP contribution in [0.4, 0.5) is 13.2 Å². The highest BCUT2D eigenvalue weighted by atomic mass is 19.2. The standard InChI is InChI=1S/C16H19F3N2O2/c17-11-8-10(9-12(18)15(11)19)16(23)21-6-4-20(5-7-21)13-2-1-3-14(13)22/h8-9,13-14,22H,1-7H2/t13-,14-/m1/s1. The summed E-state index contributed by atoms with van der Waals surface area (Å²) in [6.07, 6.45) is 2.43. The SMILES string of the molecule is O=C(c1cc(F)c(F)c(F)c1)N1CCN([C@@H]2CCC[C@H]2O)CC1. The van der Waals surface area contributed by atoms with E-state index in [-0.39, 0.29) is 17.7 Å². The number of hydrogen-bond acceptors (Lipinski definition) is 3. The number of nitrogens with zero attached hydrogens (tertiary/aromatic N) is 2. The van der Waals surface area contributed by atoms with Crippen molar-refractivity contribution < 1.29 is 23.1 Å². The molecular weight excluding hydrogens is 309 g/mol. The predicted molar refractivity (Wildman–Crippen MR) is 77.4 cm³/mol. The number of halogens is 3. The highest BCUT2D eigenvalue weighted by Gasteiger charge is 2.33. The Balaban J connectivity index is 1.64. The van der Waals surface area contributed by atoms with Gasteiger partial charge in [0.25, 0.3) is 5.91 Å². The molecule has 0 spiro atoms. The molecule has 1 amide bonds. The molecule has 0 unspecified atom stereocenters. The number of aliphatic hydroxyl groups is 1. The molecule has 2 fully saturated rings. The van der Waals surface area contributed by atoms with E-state index in [2.05, 4.69) is 4.90 Å². The van der Waals surface area contributed by atoms with Crippen molar-refractivity contribution >= 4 is 5.91 Å². The Morgan fingerprint density at radius 3 is 2.17 bits per heavy atom. The lowest BCUT2D eigenvalue weighted by Gasteiger charge is -2.39. The molecule has 0 bridgehead atoms. The summed E-state index contributed by atoms with van der Waals surface area (Å²) in [4.78, 5) is 16.0. The van der Waals surface area contributed by atoms with E-state index in [1.54, 1.807) is 0 Å². The van der Waals surface area contributed by atoms with Crippen LogP contribution in [0.15, 0.2) is 12.1 Å². The van der Waals surface area contributed by atoms with E-state index >= 15 is 0 Å². The van der Waals surface area contributed by atoms with Gasteiger partial charge >= 0.3 is 0 Å². The fourth-order valence-electron chi connectivity index (χ4n) is 3.47. The van der Waals surface area contributed by atoms with Crippen LogP contribution in [-0.2, 0) is 0 Å². The Kier molecular flexibility index (Phi) is 4.59. The molecule has 4 nitrogen and oxygen atoms in total. The molecule has 7 heteroatoms. The van der Waals surface area contributed by atoms with Crippen LogP contribution >= 0.6 is 0 Å². The van der Waals surface area contributed by atoms with Crippen LogP contribution in [0.5, 0.6) is 0 Å². The lowest BCUT2D eigenvalue weighted by atomic mass is 10.1.